The molecule has 0 saturated heterocycles. The monoisotopic (exact) mass is 245 g/mol. The van der Waals surface area contributed by atoms with Crippen LogP contribution in [0.2, 0.25) is 0 Å². The molecule has 17 heavy (non-hydrogen) atoms. The summed E-state index contributed by atoms with van der Waals surface area (Å²) in [6.45, 7) is 3.51. The maximum absolute atomic E-state index is 11.5. The number of primary amides is 1. The summed E-state index contributed by atoms with van der Waals surface area (Å²) in [7, 11) is 0. The van der Waals surface area contributed by atoms with Crippen molar-refractivity contribution in [2.24, 2.45) is 17.4 Å². The number of nitrogens with one attached hydrogen (secondary N) is 1. The zero-order chi connectivity index (χ0) is 13.6. The van der Waals surface area contributed by atoms with Gasteiger partial charge in [-0.15, -0.1) is 0 Å². The van der Waals surface area contributed by atoms with Crippen LogP contribution in [0.1, 0.15) is 26.7 Å². The van der Waals surface area contributed by atoms with Gasteiger partial charge in [-0.3, -0.25) is 9.59 Å². The number of aliphatic carboxylic acids is 1. The summed E-state index contributed by atoms with van der Waals surface area (Å²) in [6, 6.07) is -1.91. The first-order valence-electron chi connectivity index (χ1n) is 5.32. The van der Waals surface area contributed by atoms with Gasteiger partial charge in [0.1, 0.15) is 6.04 Å². The lowest BCUT2D eigenvalue weighted by atomic mass is 10.0. The summed E-state index contributed by atoms with van der Waals surface area (Å²) in [4.78, 5) is 32.9. The van der Waals surface area contributed by atoms with E-state index in [9.17, 15) is 14.4 Å². The molecule has 0 spiro atoms. The van der Waals surface area contributed by atoms with E-state index >= 15 is 0 Å². The molecule has 2 atom stereocenters. The molecular formula is C10H19N3O4. The van der Waals surface area contributed by atoms with Crippen molar-refractivity contribution in [2.45, 2.75) is 38.8 Å². The van der Waals surface area contributed by atoms with Crippen LogP contribution in [0.3, 0.4) is 0 Å². The highest BCUT2D eigenvalue weighted by Crippen LogP contribution is 2.02. The van der Waals surface area contributed by atoms with Crippen molar-refractivity contribution in [2.75, 3.05) is 0 Å². The Labute approximate surface area is 99.5 Å². The van der Waals surface area contributed by atoms with Crippen LogP contribution in [0.15, 0.2) is 0 Å². The normalized spacial score (nSPS) is 14.1. The molecule has 2 amide bonds. The molecule has 0 aromatic heterocycles. The van der Waals surface area contributed by atoms with Gasteiger partial charge in [-0.25, -0.2) is 4.79 Å². The fraction of sp³-hybridized carbons (Fsp3) is 0.700. The van der Waals surface area contributed by atoms with Crippen LogP contribution >= 0.6 is 0 Å². The van der Waals surface area contributed by atoms with E-state index in [1.165, 1.54) is 0 Å². The number of nitrogens with two attached hydrogens (primary N) is 2. The fourth-order valence-corrected chi connectivity index (χ4v) is 1.11. The van der Waals surface area contributed by atoms with Crippen molar-refractivity contribution in [3.63, 3.8) is 0 Å². The second-order valence-corrected chi connectivity index (χ2v) is 4.17. The highest BCUT2D eigenvalue weighted by Gasteiger charge is 2.24. The van der Waals surface area contributed by atoms with Gasteiger partial charge in [0.2, 0.25) is 11.8 Å². The number of rotatable bonds is 7. The molecule has 1 unspecified atom stereocenters. The average Bonchev–Trinajstić information content (AvgIpc) is 2.21. The molecule has 0 heterocycles. The summed E-state index contributed by atoms with van der Waals surface area (Å²) in [6.07, 6.45) is -0.143. The standard InChI is InChI=1S/C10H19N3O4/c1-5(2)8(12)9(15)13-6(10(16)17)3-4-7(11)14/h5-6,8H,3-4,12H2,1-2H3,(H2,11,14)(H,13,15)(H,16,17)/t6-,8?/m1/s1. The molecule has 0 aromatic carbocycles. The molecule has 0 saturated carbocycles. The topological polar surface area (TPSA) is 136 Å². The zero-order valence-electron chi connectivity index (χ0n) is 9.97. The van der Waals surface area contributed by atoms with Gasteiger partial charge >= 0.3 is 5.97 Å². The molecule has 0 aromatic rings. The minimum atomic E-state index is -1.21. The summed E-state index contributed by atoms with van der Waals surface area (Å²) in [5, 5.41) is 11.1. The third-order valence-electron chi connectivity index (χ3n) is 2.31. The molecule has 0 aliphatic rings. The summed E-state index contributed by atoms with van der Waals surface area (Å²) < 4.78 is 0. The highest BCUT2D eigenvalue weighted by atomic mass is 16.4. The van der Waals surface area contributed by atoms with E-state index in [0.717, 1.165) is 0 Å². The zero-order valence-corrected chi connectivity index (χ0v) is 9.97. The third kappa shape index (κ3) is 5.86. The van der Waals surface area contributed by atoms with Gasteiger partial charge < -0.3 is 21.9 Å². The van der Waals surface area contributed by atoms with Crippen LogP contribution in [0.5, 0.6) is 0 Å². The predicted octanol–water partition coefficient (Wildman–Crippen LogP) is -1.20. The number of carboxylic acid groups (broad SMARTS) is 1. The molecule has 0 aliphatic heterocycles. The van der Waals surface area contributed by atoms with Crippen LogP contribution < -0.4 is 16.8 Å². The van der Waals surface area contributed by atoms with E-state index < -0.39 is 29.9 Å². The Morgan fingerprint density at radius 3 is 2.18 bits per heavy atom. The van der Waals surface area contributed by atoms with Crippen molar-refractivity contribution >= 4 is 17.8 Å². The SMILES string of the molecule is CC(C)C(N)C(=O)N[C@H](CCC(N)=O)C(=O)O. The Balaban J connectivity index is 4.39. The molecule has 0 aliphatic carbocycles. The van der Waals surface area contributed by atoms with Crippen LogP contribution in [0, 0.1) is 5.92 Å². The van der Waals surface area contributed by atoms with Crippen LogP contribution in [-0.4, -0.2) is 35.0 Å². The largest absolute Gasteiger partial charge is 0.480 e. The van der Waals surface area contributed by atoms with E-state index in [1.54, 1.807) is 13.8 Å². The number of carbonyl (C=O) groups excluding carboxylic acids is 2. The van der Waals surface area contributed by atoms with E-state index in [1.807, 2.05) is 0 Å². The third-order valence-corrected chi connectivity index (χ3v) is 2.31. The average molecular weight is 245 g/mol. The van der Waals surface area contributed by atoms with Gasteiger partial charge in [0.05, 0.1) is 6.04 Å². The number of hydrogen-bond donors (Lipinski definition) is 4. The Bertz CT molecular complexity index is 304. The van der Waals surface area contributed by atoms with Crippen molar-refractivity contribution < 1.29 is 19.5 Å². The molecule has 98 valence electrons. The number of carboxylic acids is 1. The number of hydrogen-bond acceptors (Lipinski definition) is 4. The molecule has 7 nitrogen and oxygen atoms in total. The Kier molecular flexibility index (Phi) is 6.19. The fourth-order valence-electron chi connectivity index (χ4n) is 1.11. The van der Waals surface area contributed by atoms with Crippen molar-refractivity contribution in [1.82, 2.24) is 5.32 Å². The van der Waals surface area contributed by atoms with E-state index in [4.69, 9.17) is 16.6 Å². The summed E-state index contributed by atoms with van der Waals surface area (Å²) >= 11 is 0. The molecule has 0 rings (SSSR count). The molecule has 7 heteroatoms. The number of amides is 2. The van der Waals surface area contributed by atoms with Gasteiger partial charge in [-0.05, 0) is 12.3 Å². The first-order chi connectivity index (χ1) is 7.75. The summed E-state index contributed by atoms with van der Waals surface area (Å²) in [5.41, 5.74) is 10.5. The second kappa shape index (κ2) is 6.85. The highest BCUT2D eigenvalue weighted by molar-refractivity contribution is 5.87. The maximum atomic E-state index is 11.5. The second-order valence-electron chi connectivity index (χ2n) is 4.17. The Morgan fingerprint density at radius 1 is 1.29 bits per heavy atom. The minimum Gasteiger partial charge on any atom is -0.480 e. The van der Waals surface area contributed by atoms with E-state index in [-0.39, 0.29) is 18.8 Å². The van der Waals surface area contributed by atoms with Gasteiger partial charge in [0.25, 0.3) is 0 Å². The lowest BCUT2D eigenvalue weighted by Gasteiger charge is -2.19. The van der Waals surface area contributed by atoms with Crippen molar-refractivity contribution in [1.29, 1.82) is 0 Å². The lowest BCUT2D eigenvalue weighted by molar-refractivity contribution is -0.142. The first kappa shape index (κ1) is 15.4. The van der Waals surface area contributed by atoms with Gasteiger partial charge in [-0.1, -0.05) is 13.8 Å². The van der Waals surface area contributed by atoms with Crippen LogP contribution in [0.25, 0.3) is 0 Å². The molecule has 0 fully saturated rings. The maximum Gasteiger partial charge on any atom is 0.326 e. The van der Waals surface area contributed by atoms with Crippen molar-refractivity contribution in [3.8, 4) is 0 Å². The summed E-state index contributed by atoms with van der Waals surface area (Å²) in [5.74, 6) is -2.47. The van der Waals surface area contributed by atoms with Crippen LogP contribution in [-0.2, 0) is 14.4 Å². The lowest BCUT2D eigenvalue weighted by Crippen LogP contribution is -2.50. The predicted molar refractivity (Wildman–Crippen MR) is 60.8 cm³/mol. The van der Waals surface area contributed by atoms with Gasteiger partial charge in [0.15, 0.2) is 0 Å². The van der Waals surface area contributed by atoms with Crippen molar-refractivity contribution in [3.05, 3.63) is 0 Å². The molecule has 0 radical (unpaired) electrons. The van der Waals surface area contributed by atoms with E-state index in [0.29, 0.717) is 0 Å². The molecule has 6 N–H and O–H groups in total. The minimum absolute atomic E-state index is 0.0405. The smallest absolute Gasteiger partial charge is 0.326 e. The van der Waals surface area contributed by atoms with Gasteiger partial charge in [0, 0.05) is 6.42 Å². The quantitative estimate of drug-likeness (QED) is 0.447. The first-order valence-corrected chi connectivity index (χ1v) is 5.32. The van der Waals surface area contributed by atoms with Gasteiger partial charge in [-0.2, -0.15) is 0 Å². The molecule has 0 bridgehead atoms. The van der Waals surface area contributed by atoms with E-state index in [2.05, 4.69) is 5.32 Å². The van der Waals surface area contributed by atoms with Crippen LogP contribution in [0.4, 0.5) is 0 Å². The Morgan fingerprint density at radius 2 is 1.82 bits per heavy atom. The Hall–Kier alpha value is -1.63. The molecular weight excluding hydrogens is 226 g/mol. The number of carbonyl (C=O) groups is 3.